The van der Waals surface area contributed by atoms with E-state index in [1.54, 1.807) is 36.4 Å². The monoisotopic (exact) mass is 480 g/mol. The number of hydrogen-bond acceptors (Lipinski definition) is 6. The van der Waals surface area contributed by atoms with Gasteiger partial charge in [0.05, 0.1) is 9.82 Å². The van der Waals surface area contributed by atoms with Gasteiger partial charge in [0.2, 0.25) is 10.0 Å². The van der Waals surface area contributed by atoms with Crippen LogP contribution in [0.5, 0.6) is 0 Å². The Labute approximate surface area is 200 Å². The summed E-state index contributed by atoms with van der Waals surface area (Å²) >= 11 is 0. The van der Waals surface area contributed by atoms with Crippen LogP contribution in [0.2, 0.25) is 0 Å². The Kier molecular flexibility index (Phi) is 6.85. The normalized spacial score (nSPS) is 15.6. The minimum Gasteiger partial charge on any atom is -0.373 e. The molecule has 34 heavy (non-hydrogen) atoms. The average Bonchev–Trinajstić information content (AvgIpc) is 2.84. The highest BCUT2D eigenvalue weighted by Gasteiger charge is 2.29. The van der Waals surface area contributed by atoms with E-state index in [-0.39, 0.29) is 11.7 Å². The van der Waals surface area contributed by atoms with Gasteiger partial charge in [0, 0.05) is 44.0 Å². The van der Waals surface area contributed by atoms with Crippen molar-refractivity contribution in [1.82, 2.24) is 4.31 Å². The van der Waals surface area contributed by atoms with Gasteiger partial charge in [-0.05, 0) is 43.7 Å². The Morgan fingerprint density at radius 2 is 1.59 bits per heavy atom. The zero-order valence-electron chi connectivity index (χ0n) is 19.2. The highest BCUT2D eigenvalue weighted by molar-refractivity contribution is 7.89. The third kappa shape index (κ3) is 5.05. The SMILES string of the molecule is Cc1ccc(S(=O)(=O)N2CCN(c3ccc([N+](=O)[O-])c(NC(C)c4ccccc4)c3)CC2)cc1. The van der Waals surface area contributed by atoms with Crippen molar-refractivity contribution in [2.45, 2.75) is 24.8 Å². The second-order valence-corrected chi connectivity index (χ2v) is 10.4. The van der Waals surface area contributed by atoms with E-state index in [9.17, 15) is 18.5 Å². The van der Waals surface area contributed by atoms with Crippen molar-refractivity contribution >= 4 is 27.1 Å². The van der Waals surface area contributed by atoms with Gasteiger partial charge in [-0.25, -0.2) is 8.42 Å². The van der Waals surface area contributed by atoms with Crippen molar-refractivity contribution in [3.63, 3.8) is 0 Å². The number of benzene rings is 3. The number of anilines is 2. The number of rotatable bonds is 7. The summed E-state index contributed by atoms with van der Waals surface area (Å²) in [4.78, 5) is 13.6. The second kappa shape index (κ2) is 9.82. The first-order valence-corrected chi connectivity index (χ1v) is 12.6. The minimum atomic E-state index is -3.55. The summed E-state index contributed by atoms with van der Waals surface area (Å²) in [5, 5.41) is 14.9. The molecule has 0 radical (unpaired) electrons. The van der Waals surface area contributed by atoms with Gasteiger partial charge in [0.15, 0.2) is 0 Å². The van der Waals surface area contributed by atoms with Crippen LogP contribution < -0.4 is 10.2 Å². The molecule has 0 spiro atoms. The molecule has 1 saturated heterocycles. The molecule has 1 atom stereocenters. The Bertz CT molecular complexity index is 1260. The first-order valence-electron chi connectivity index (χ1n) is 11.2. The van der Waals surface area contributed by atoms with Crippen molar-refractivity contribution in [2.75, 3.05) is 36.4 Å². The fourth-order valence-electron chi connectivity index (χ4n) is 4.10. The van der Waals surface area contributed by atoms with E-state index in [4.69, 9.17) is 0 Å². The molecule has 0 aromatic heterocycles. The van der Waals surface area contributed by atoms with Gasteiger partial charge >= 0.3 is 0 Å². The van der Waals surface area contributed by atoms with Crippen LogP contribution in [-0.4, -0.2) is 43.8 Å². The average molecular weight is 481 g/mol. The summed E-state index contributed by atoms with van der Waals surface area (Å²) in [5.74, 6) is 0. The molecule has 3 aromatic carbocycles. The van der Waals surface area contributed by atoms with Crippen LogP contribution in [0, 0.1) is 17.0 Å². The molecule has 1 aliphatic heterocycles. The van der Waals surface area contributed by atoms with E-state index in [0.717, 1.165) is 16.8 Å². The van der Waals surface area contributed by atoms with Gasteiger partial charge in [0.25, 0.3) is 5.69 Å². The number of hydrogen-bond donors (Lipinski definition) is 1. The van der Waals surface area contributed by atoms with E-state index < -0.39 is 14.9 Å². The molecular formula is C25H28N4O4S. The van der Waals surface area contributed by atoms with Crippen LogP contribution >= 0.6 is 0 Å². The number of nitro groups is 1. The summed E-state index contributed by atoms with van der Waals surface area (Å²) < 4.78 is 27.5. The second-order valence-electron chi connectivity index (χ2n) is 8.44. The molecular weight excluding hydrogens is 452 g/mol. The topological polar surface area (TPSA) is 95.8 Å². The Morgan fingerprint density at radius 1 is 0.941 bits per heavy atom. The molecule has 9 heteroatoms. The van der Waals surface area contributed by atoms with E-state index >= 15 is 0 Å². The molecule has 4 rings (SSSR count). The molecule has 0 bridgehead atoms. The van der Waals surface area contributed by atoms with E-state index in [0.29, 0.717) is 36.8 Å². The zero-order valence-corrected chi connectivity index (χ0v) is 20.0. The first-order chi connectivity index (χ1) is 16.3. The van der Waals surface area contributed by atoms with Crippen LogP contribution in [0.25, 0.3) is 0 Å². The molecule has 0 aliphatic carbocycles. The highest BCUT2D eigenvalue weighted by atomic mass is 32.2. The zero-order chi connectivity index (χ0) is 24.3. The third-order valence-corrected chi connectivity index (χ3v) is 8.02. The van der Waals surface area contributed by atoms with Crippen LogP contribution in [-0.2, 0) is 10.0 Å². The number of aryl methyl sites for hydroxylation is 1. The number of nitrogens with one attached hydrogen (secondary N) is 1. The van der Waals surface area contributed by atoms with Crippen molar-refractivity contribution < 1.29 is 13.3 Å². The Balaban J connectivity index is 1.50. The number of piperazine rings is 1. The highest BCUT2D eigenvalue weighted by Crippen LogP contribution is 2.33. The third-order valence-electron chi connectivity index (χ3n) is 6.11. The lowest BCUT2D eigenvalue weighted by Gasteiger charge is -2.35. The summed E-state index contributed by atoms with van der Waals surface area (Å²) in [6.07, 6.45) is 0. The standard InChI is InChI=1S/C25H28N4O4S/c1-19-8-11-23(12-9-19)34(32,33)28-16-14-27(15-17-28)22-10-13-25(29(30)31)24(18-22)26-20(2)21-6-4-3-5-7-21/h3-13,18,20,26H,14-17H2,1-2H3. The van der Waals surface area contributed by atoms with Gasteiger partial charge in [-0.1, -0.05) is 48.0 Å². The van der Waals surface area contributed by atoms with Gasteiger partial charge in [0.1, 0.15) is 5.69 Å². The maximum atomic E-state index is 13.0. The van der Waals surface area contributed by atoms with Crippen LogP contribution in [0.1, 0.15) is 24.1 Å². The van der Waals surface area contributed by atoms with E-state index in [2.05, 4.69) is 10.2 Å². The summed E-state index contributed by atoms with van der Waals surface area (Å²) in [7, 11) is -3.55. The molecule has 3 aromatic rings. The molecule has 1 N–H and O–H groups in total. The van der Waals surface area contributed by atoms with Crippen LogP contribution in [0.15, 0.2) is 77.7 Å². The molecule has 178 valence electrons. The van der Waals surface area contributed by atoms with E-state index in [1.807, 2.05) is 44.2 Å². The van der Waals surface area contributed by atoms with Gasteiger partial charge in [-0.15, -0.1) is 0 Å². The van der Waals surface area contributed by atoms with E-state index in [1.165, 1.54) is 10.4 Å². The van der Waals surface area contributed by atoms with Crippen LogP contribution in [0.4, 0.5) is 17.1 Å². The maximum absolute atomic E-state index is 13.0. The Morgan fingerprint density at radius 3 is 2.21 bits per heavy atom. The summed E-state index contributed by atoms with van der Waals surface area (Å²) in [5.41, 5.74) is 3.30. The molecule has 1 heterocycles. The predicted octanol–water partition coefficient (Wildman–Crippen LogP) is 4.59. The lowest BCUT2D eigenvalue weighted by molar-refractivity contribution is -0.384. The minimum absolute atomic E-state index is 0.00659. The quantitative estimate of drug-likeness (QED) is 0.393. The molecule has 8 nitrogen and oxygen atoms in total. The maximum Gasteiger partial charge on any atom is 0.292 e. The molecule has 1 unspecified atom stereocenters. The molecule has 0 amide bonds. The summed E-state index contributed by atoms with van der Waals surface area (Å²) in [6, 6.07) is 21.5. The Hall–Kier alpha value is -3.43. The number of nitro benzene ring substituents is 1. The molecule has 1 fully saturated rings. The number of nitrogens with zero attached hydrogens (tertiary/aromatic N) is 3. The van der Waals surface area contributed by atoms with Crippen molar-refractivity contribution in [3.05, 3.63) is 94.0 Å². The van der Waals surface area contributed by atoms with Gasteiger partial charge in [-0.3, -0.25) is 10.1 Å². The smallest absolute Gasteiger partial charge is 0.292 e. The first kappa shape index (κ1) is 23.7. The van der Waals surface area contributed by atoms with Crippen molar-refractivity contribution in [3.8, 4) is 0 Å². The fraction of sp³-hybridized carbons (Fsp3) is 0.280. The van der Waals surface area contributed by atoms with Crippen molar-refractivity contribution in [1.29, 1.82) is 0 Å². The molecule has 0 saturated carbocycles. The van der Waals surface area contributed by atoms with Gasteiger partial charge < -0.3 is 10.2 Å². The number of sulfonamides is 1. The van der Waals surface area contributed by atoms with Crippen molar-refractivity contribution in [2.24, 2.45) is 0 Å². The molecule has 1 aliphatic rings. The van der Waals surface area contributed by atoms with Crippen LogP contribution in [0.3, 0.4) is 0 Å². The fourth-order valence-corrected chi connectivity index (χ4v) is 5.52. The largest absolute Gasteiger partial charge is 0.373 e. The van der Waals surface area contributed by atoms with Gasteiger partial charge in [-0.2, -0.15) is 4.31 Å². The lowest BCUT2D eigenvalue weighted by Crippen LogP contribution is -2.48. The summed E-state index contributed by atoms with van der Waals surface area (Å²) in [6.45, 7) is 5.56. The predicted molar refractivity (Wildman–Crippen MR) is 134 cm³/mol. The lowest BCUT2D eigenvalue weighted by atomic mass is 10.1.